The first-order valence-electron chi connectivity index (χ1n) is 14.2. The minimum atomic E-state index is -4.40. The van der Waals surface area contributed by atoms with E-state index in [0.717, 1.165) is 16.4 Å². The highest BCUT2D eigenvalue weighted by atomic mass is 32.2. The molecule has 0 aliphatic rings. The Kier molecular flexibility index (Phi) is 12.0. The number of anilines is 1. The number of amides is 2. The van der Waals surface area contributed by atoms with E-state index in [2.05, 4.69) is 5.32 Å². The lowest BCUT2D eigenvalue weighted by Gasteiger charge is -2.33. The first-order valence-corrected chi connectivity index (χ1v) is 15.6. The zero-order valence-corrected chi connectivity index (χ0v) is 26.7. The molecule has 10 nitrogen and oxygen atoms in total. The van der Waals surface area contributed by atoms with Gasteiger partial charge in [-0.15, -0.1) is 0 Å². The lowest BCUT2D eigenvalue weighted by Crippen LogP contribution is -2.52. The molecule has 3 aromatic rings. The summed E-state index contributed by atoms with van der Waals surface area (Å²) in [6.07, 6.45) is 0.283. The number of carbonyl (C=O) groups excluding carboxylic acids is 2. The van der Waals surface area contributed by atoms with Gasteiger partial charge in [0.1, 0.15) is 24.2 Å². The Bertz CT molecular complexity index is 1510. The number of rotatable bonds is 15. The molecular formula is C32H40FN3O7S. The molecule has 0 fully saturated rings. The molecule has 0 bridgehead atoms. The van der Waals surface area contributed by atoms with Crippen LogP contribution in [0.2, 0.25) is 0 Å². The molecule has 0 heterocycles. The Labute approximate surface area is 258 Å². The summed E-state index contributed by atoms with van der Waals surface area (Å²) < 4.78 is 58.8. The van der Waals surface area contributed by atoms with Gasteiger partial charge in [0.05, 0.1) is 31.9 Å². The fourth-order valence-corrected chi connectivity index (χ4v) is 5.94. The molecule has 1 unspecified atom stereocenters. The maximum absolute atomic E-state index is 14.2. The molecular weight excluding hydrogens is 589 g/mol. The zero-order chi connectivity index (χ0) is 32.4. The summed E-state index contributed by atoms with van der Waals surface area (Å²) in [6, 6.07) is 15.0. The van der Waals surface area contributed by atoms with Crippen molar-refractivity contribution in [2.24, 2.45) is 5.92 Å². The van der Waals surface area contributed by atoms with Gasteiger partial charge in [-0.3, -0.25) is 13.9 Å². The van der Waals surface area contributed by atoms with E-state index in [1.54, 1.807) is 38.3 Å². The van der Waals surface area contributed by atoms with Crippen molar-refractivity contribution in [2.45, 2.75) is 44.7 Å². The van der Waals surface area contributed by atoms with E-state index >= 15 is 0 Å². The van der Waals surface area contributed by atoms with E-state index in [4.69, 9.17) is 14.2 Å². The van der Waals surface area contributed by atoms with Gasteiger partial charge in [0.15, 0.2) is 11.5 Å². The van der Waals surface area contributed by atoms with Crippen LogP contribution in [0.25, 0.3) is 0 Å². The minimum Gasteiger partial charge on any atom is -0.497 e. The average Bonchev–Trinajstić information content (AvgIpc) is 3.02. The van der Waals surface area contributed by atoms with Crippen molar-refractivity contribution in [3.8, 4) is 17.2 Å². The number of nitrogens with one attached hydrogen (secondary N) is 1. The van der Waals surface area contributed by atoms with Crippen molar-refractivity contribution in [1.29, 1.82) is 0 Å². The largest absolute Gasteiger partial charge is 0.497 e. The molecule has 1 N–H and O–H groups in total. The van der Waals surface area contributed by atoms with Gasteiger partial charge in [-0.05, 0) is 66.4 Å². The third-order valence-electron chi connectivity index (χ3n) is 6.92. The number of sulfonamides is 1. The van der Waals surface area contributed by atoms with Crippen LogP contribution in [0.3, 0.4) is 0 Å². The maximum atomic E-state index is 14.2. The van der Waals surface area contributed by atoms with Gasteiger partial charge < -0.3 is 24.4 Å². The summed E-state index contributed by atoms with van der Waals surface area (Å²) in [4.78, 5) is 28.7. The second-order valence-corrected chi connectivity index (χ2v) is 12.3. The van der Waals surface area contributed by atoms with Crippen LogP contribution in [0.15, 0.2) is 71.6 Å². The van der Waals surface area contributed by atoms with E-state index in [-0.39, 0.29) is 41.1 Å². The molecule has 1 atom stereocenters. The summed E-state index contributed by atoms with van der Waals surface area (Å²) >= 11 is 0. The highest BCUT2D eigenvalue weighted by molar-refractivity contribution is 7.92. The molecule has 2 amide bonds. The van der Waals surface area contributed by atoms with E-state index in [9.17, 15) is 22.4 Å². The van der Waals surface area contributed by atoms with Crippen LogP contribution < -0.4 is 23.8 Å². The highest BCUT2D eigenvalue weighted by Crippen LogP contribution is 2.32. The van der Waals surface area contributed by atoms with Crippen LogP contribution in [0, 0.1) is 11.7 Å². The number of hydrogen-bond donors (Lipinski definition) is 1. The first-order chi connectivity index (χ1) is 20.9. The topological polar surface area (TPSA) is 114 Å². The van der Waals surface area contributed by atoms with Crippen molar-refractivity contribution < 1.29 is 36.6 Å². The fraction of sp³-hybridized carbons (Fsp3) is 0.375. The van der Waals surface area contributed by atoms with Crippen molar-refractivity contribution in [3.05, 3.63) is 78.1 Å². The maximum Gasteiger partial charge on any atom is 0.264 e. The third kappa shape index (κ3) is 8.40. The van der Waals surface area contributed by atoms with Gasteiger partial charge in [-0.2, -0.15) is 0 Å². The van der Waals surface area contributed by atoms with Crippen molar-refractivity contribution in [1.82, 2.24) is 10.2 Å². The van der Waals surface area contributed by atoms with Crippen LogP contribution in [0.1, 0.15) is 32.8 Å². The SMILES string of the molecule is CCC(C(=O)NCC(C)C)N(Cc1ccc(OC)cc1)C(=O)CN(c1ccc(F)cc1)S(=O)(=O)c1ccc(OC)c(OC)c1. The van der Waals surface area contributed by atoms with Crippen LogP contribution >= 0.6 is 0 Å². The number of methoxy groups -OCH3 is 3. The Balaban J connectivity index is 2.08. The lowest BCUT2D eigenvalue weighted by atomic mass is 10.1. The number of benzene rings is 3. The minimum absolute atomic E-state index is 0.0318. The van der Waals surface area contributed by atoms with E-state index in [1.165, 1.54) is 49.5 Å². The molecule has 0 saturated heterocycles. The summed E-state index contributed by atoms with van der Waals surface area (Å²) in [5.41, 5.74) is 0.779. The zero-order valence-electron chi connectivity index (χ0n) is 25.9. The normalized spacial score (nSPS) is 11.9. The summed E-state index contributed by atoms with van der Waals surface area (Å²) in [5.74, 6) is -0.246. The number of nitrogens with zero attached hydrogens (tertiary/aromatic N) is 2. The number of halogens is 1. The number of ether oxygens (including phenoxy) is 3. The van der Waals surface area contributed by atoms with Gasteiger partial charge >= 0.3 is 0 Å². The van der Waals surface area contributed by atoms with E-state index < -0.39 is 34.3 Å². The monoisotopic (exact) mass is 629 g/mol. The van der Waals surface area contributed by atoms with Crippen molar-refractivity contribution in [2.75, 3.05) is 38.7 Å². The van der Waals surface area contributed by atoms with E-state index in [0.29, 0.717) is 23.6 Å². The van der Waals surface area contributed by atoms with Crippen molar-refractivity contribution >= 4 is 27.5 Å². The molecule has 238 valence electrons. The molecule has 0 radical (unpaired) electrons. The number of carbonyl (C=O) groups is 2. The van der Waals surface area contributed by atoms with E-state index in [1.807, 2.05) is 13.8 Å². The number of hydrogen-bond acceptors (Lipinski definition) is 7. The average molecular weight is 630 g/mol. The Hall–Kier alpha value is -4.32. The van der Waals surface area contributed by atoms with Crippen molar-refractivity contribution in [3.63, 3.8) is 0 Å². The molecule has 0 aliphatic heterocycles. The molecule has 0 aliphatic carbocycles. The van der Waals surface area contributed by atoms with Crippen LogP contribution in [-0.2, 0) is 26.2 Å². The Morgan fingerprint density at radius 2 is 1.52 bits per heavy atom. The van der Waals surface area contributed by atoms with Crippen LogP contribution in [0.5, 0.6) is 17.2 Å². The van der Waals surface area contributed by atoms with Gasteiger partial charge in [-0.1, -0.05) is 32.9 Å². The summed E-state index contributed by atoms with van der Waals surface area (Å²) in [6.45, 7) is 5.49. The molecule has 3 rings (SSSR count). The van der Waals surface area contributed by atoms with Crippen LogP contribution in [-0.4, -0.2) is 65.6 Å². The standard InChI is InChI=1S/C32H40FN3O7S/c1-7-28(32(38)34-19-22(2)3)35(20-23-8-14-26(41-4)15-9-23)31(37)21-36(25-12-10-24(33)11-13-25)44(39,40)27-16-17-29(42-5)30(18-27)43-6/h8-18,22,28H,7,19-21H2,1-6H3,(H,34,38). The highest BCUT2D eigenvalue weighted by Gasteiger charge is 2.34. The predicted molar refractivity (Wildman–Crippen MR) is 166 cm³/mol. The molecule has 3 aromatic carbocycles. The fourth-order valence-electron chi connectivity index (χ4n) is 4.51. The molecule has 44 heavy (non-hydrogen) atoms. The summed E-state index contributed by atoms with van der Waals surface area (Å²) in [7, 11) is -0.0551. The smallest absolute Gasteiger partial charge is 0.264 e. The van der Waals surface area contributed by atoms with Gasteiger partial charge in [0.2, 0.25) is 11.8 Å². The summed E-state index contributed by atoms with van der Waals surface area (Å²) in [5, 5.41) is 2.89. The molecule has 0 aromatic heterocycles. The first kappa shape index (κ1) is 34.2. The Morgan fingerprint density at radius 3 is 2.07 bits per heavy atom. The Morgan fingerprint density at radius 1 is 0.886 bits per heavy atom. The van der Waals surface area contributed by atoms with Crippen LogP contribution in [0.4, 0.5) is 10.1 Å². The molecule has 0 spiro atoms. The van der Waals surface area contributed by atoms with Gasteiger partial charge in [0, 0.05) is 19.2 Å². The molecule has 0 saturated carbocycles. The lowest BCUT2D eigenvalue weighted by molar-refractivity contribution is -0.140. The second-order valence-electron chi connectivity index (χ2n) is 10.4. The van der Waals surface area contributed by atoms with Gasteiger partial charge in [0.25, 0.3) is 10.0 Å². The van der Waals surface area contributed by atoms with Gasteiger partial charge in [-0.25, -0.2) is 12.8 Å². The molecule has 12 heteroatoms. The quantitative estimate of drug-likeness (QED) is 0.261. The third-order valence-corrected chi connectivity index (χ3v) is 8.69. The second kappa shape index (κ2) is 15.4. The predicted octanol–water partition coefficient (Wildman–Crippen LogP) is 4.63.